The van der Waals surface area contributed by atoms with Gasteiger partial charge in [0.15, 0.2) is 6.29 Å². The summed E-state index contributed by atoms with van der Waals surface area (Å²) in [4.78, 5) is 0. The van der Waals surface area contributed by atoms with E-state index in [0.29, 0.717) is 16.7 Å². The molecule has 7 atom stereocenters. The lowest BCUT2D eigenvalue weighted by Crippen LogP contribution is -2.53. The average Bonchev–Trinajstić information content (AvgIpc) is 3.22. The fraction of sp³-hybridized carbons (Fsp3) is 1.00. The first-order chi connectivity index (χ1) is 11.6. The molecule has 4 saturated carbocycles. The molecule has 0 aromatic rings. The van der Waals surface area contributed by atoms with E-state index in [-0.39, 0.29) is 6.29 Å². The first-order valence-corrected chi connectivity index (χ1v) is 10.8. The Labute approximate surface area is 148 Å². The summed E-state index contributed by atoms with van der Waals surface area (Å²) in [6.45, 7) is 6.92. The largest absolute Gasteiger partial charge is 0.350 e. The van der Waals surface area contributed by atoms with Crippen LogP contribution in [0, 0.1) is 40.4 Å². The quantitative estimate of drug-likeness (QED) is 0.639. The minimum Gasteiger partial charge on any atom is -0.350 e. The molecule has 136 valence electrons. The Morgan fingerprint density at radius 2 is 1.58 bits per heavy atom. The molecular weight excluding hydrogens is 296 g/mol. The smallest absolute Gasteiger partial charge is 0.160 e. The van der Waals surface area contributed by atoms with E-state index in [1.54, 1.807) is 0 Å². The van der Waals surface area contributed by atoms with Gasteiger partial charge in [-0.2, -0.15) is 0 Å². The van der Waals surface area contributed by atoms with Gasteiger partial charge in [-0.1, -0.05) is 20.3 Å². The molecular formula is C22H36O2. The van der Waals surface area contributed by atoms with Crippen molar-refractivity contribution in [1.29, 1.82) is 0 Å². The van der Waals surface area contributed by atoms with Gasteiger partial charge < -0.3 is 9.47 Å². The molecule has 0 aromatic heterocycles. The topological polar surface area (TPSA) is 18.5 Å². The maximum absolute atomic E-state index is 5.92. The average molecular weight is 333 g/mol. The van der Waals surface area contributed by atoms with Gasteiger partial charge in [0.25, 0.3) is 0 Å². The first-order valence-electron chi connectivity index (χ1n) is 10.8. The molecule has 5 aliphatic rings. The number of hydrogen-bond donors (Lipinski definition) is 0. The molecule has 5 rings (SSSR count). The van der Waals surface area contributed by atoms with Crippen molar-refractivity contribution < 1.29 is 9.47 Å². The monoisotopic (exact) mass is 332 g/mol. The summed E-state index contributed by atoms with van der Waals surface area (Å²) in [6.07, 6.45) is 14.8. The van der Waals surface area contributed by atoms with Crippen LogP contribution in [0.4, 0.5) is 0 Å². The van der Waals surface area contributed by atoms with E-state index in [4.69, 9.17) is 9.47 Å². The number of hydrogen-bond acceptors (Lipinski definition) is 2. The summed E-state index contributed by atoms with van der Waals surface area (Å²) in [5, 5.41) is 0. The third-order valence-electron chi connectivity index (χ3n) is 9.47. The van der Waals surface area contributed by atoms with E-state index >= 15 is 0 Å². The number of rotatable bonds is 1. The molecule has 0 aromatic carbocycles. The van der Waals surface area contributed by atoms with Crippen LogP contribution in [0.5, 0.6) is 0 Å². The highest BCUT2D eigenvalue weighted by atomic mass is 16.7. The van der Waals surface area contributed by atoms with E-state index in [2.05, 4.69) is 13.8 Å². The van der Waals surface area contributed by atoms with Crippen LogP contribution in [0.2, 0.25) is 0 Å². The van der Waals surface area contributed by atoms with Crippen LogP contribution in [0.25, 0.3) is 0 Å². The standard InChI is InChI=1S/C22H36O2/c1-21-10-3-4-18(21)17-8-7-16-6-5-15(20-23-12-13-24-20)14-22(16,2)19(17)9-11-21/h15-20H,3-14H2,1-2H3/t15?,16-,17-,18-,19-,21-,22-/m0/s1. The lowest BCUT2D eigenvalue weighted by molar-refractivity contribution is -0.156. The third-order valence-corrected chi connectivity index (χ3v) is 9.47. The van der Waals surface area contributed by atoms with Gasteiger partial charge in [0, 0.05) is 5.92 Å². The van der Waals surface area contributed by atoms with Gasteiger partial charge >= 0.3 is 0 Å². The molecule has 1 saturated heterocycles. The molecule has 5 fully saturated rings. The number of fused-ring (bicyclic) bond motifs is 5. The molecule has 0 spiro atoms. The van der Waals surface area contributed by atoms with Crippen LogP contribution >= 0.6 is 0 Å². The molecule has 1 heterocycles. The van der Waals surface area contributed by atoms with Crippen LogP contribution in [0.15, 0.2) is 0 Å². The highest BCUT2D eigenvalue weighted by Gasteiger charge is 2.58. The van der Waals surface area contributed by atoms with Gasteiger partial charge in [-0.3, -0.25) is 0 Å². The van der Waals surface area contributed by atoms with Crippen LogP contribution in [0.1, 0.15) is 78.1 Å². The summed E-state index contributed by atoms with van der Waals surface area (Å²) in [6, 6.07) is 0. The highest BCUT2D eigenvalue weighted by molar-refractivity contribution is 5.07. The summed E-state index contributed by atoms with van der Waals surface area (Å²) < 4.78 is 11.8. The Morgan fingerprint density at radius 3 is 2.42 bits per heavy atom. The predicted molar refractivity (Wildman–Crippen MR) is 95.5 cm³/mol. The second-order valence-electron chi connectivity index (χ2n) is 10.4. The minimum absolute atomic E-state index is 0.114. The Bertz CT molecular complexity index is 484. The van der Waals surface area contributed by atoms with Crippen molar-refractivity contribution >= 4 is 0 Å². The van der Waals surface area contributed by atoms with E-state index in [0.717, 1.165) is 36.9 Å². The molecule has 0 bridgehead atoms. The minimum atomic E-state index is 0.114. The first kappa shape index (κ1) is 16.1. The van der Waals surface area contributed by atoms with Crippen molar-refractivity contribution in [2.75, 3.05) is 13.2 Å². The lowest BCUT2D eigenvalue weighted by atomic mass is 9.44. The molecule has 2 heteroatoms. The van der Waals surface area contributed by atoms with Gasteiger partial charge in [-0.25, -0.2) is 0 Å². The van der Waals surface area contributed by atoms with E-state index in [9.17, 15) is 0 Å². The molecule has 4 aliphatic carbocycles. The number of ether oxygens (including phenoxy) is 2. The van der Waals surface area contributed by atoms with Crippen molar-refractivity contribution in [2.24, 2.45) is 40.4 Å². The zero-order chi connectivity index (χ0) is 16.4. The predicted octanol–water partition coefficient (Wildman–Crippen LogP) is 5.41. The van der Waals surface area contributed by atoms with E-state index in [1.807, 2.05) is 0 Å². The normalized spacial score (nSPS) is 55.0. The Balaban J connectivity index is 1.40. The van der Waals surface area contributed by atoms with Crippen LogP contribution in [-0.4, -0.2) is 19.5 Å². The molecule has 2 nitrogen and oxygen atoms in total. The molecule has 1 unspecified atom stereocenters. The molecule has 0 radical (unpaired) electrons. The van der Waals surface area contributed by atoms with Gasteiger partial charge in [0.05, 0.1) is 13.2 Å². The highest BCUT2D eigenvalue weighted by Crippen LogP contribution is 2.66. The molecule has 1 aliphatic heterocycles. The van der Waals surface area contributed by atoms with Gasteiger partial charge in [-0.15, -0.1) is 0 Å². The lowest BCUT2D eigenvalue weighted by Gasteiger charge is -2.61. The van der Waals surface area contributed by atoms with Crippen LogP contribution < -0.4 is 0 Å². The molecule has 0 N–H and O–H groups in total. The fourth-order valence-corrected chi connectivity index (χ4v) is 8.28. The maximum atomic E-state index is 5.92. The SMILES string of the molecule is C[C@@]12CCC[C@H]1[C@@H]1CC[C@@H]3CCC(C4OCCO4)C[C@]3(C)[C@H]1CC2. The Hall–Kier alpha value is -0.0800. The fourth-order valence-electron chi connectivity index (χ4n) is 8.28. The second-order valence-corrected chi connectivity index (χ2v) is 10.4. The van der Waals surface area contributed by atoms with Gasteiger partial charge in [-0.05, 0) is 92.3 Å². The van der Waals surface area contributed by atoms with Crippen LogP contribution in [0.3, 0.4) is 0 Å². The summed E-state index contributed by atoms with van der Waals surface area (Å²) in [7, 11) is 0. The zero-order valence-corrected chi connectivity index (χ0v) is 15.8. The van der Waals surface area contributed by atoms with Crippen molar-refractivity contribution in [3.05, 3.63) is 0 Å². The summed E-state index contributed by atoms with van der Waals surface area (Å²) in [5.74, 6) is 4.67. The van der Waals surface area contributed by atoms with Crippen molar-refractivity contribution in [3.8, 4) is 0 Å². The van der Waals surface area contributed by atoms with Crippen molar-refractivity contribution in [2.45, 2.75) is 84.3 Å². The summed E-state index contributed by atoms with van der Waals surface area (Å²) >= 11 is 0. The van der Waals surface area contributed by atoms with E-state index in [1.165, 1.54) is 64.2 Å². The second kappa shape index (κ2) is 5.71. The van der Waals surface area contributed by atoms with Gasteiger partial charge in [0.1, 0.15) is 0 Å². The zero-order valence-electron chi connectivity index (χ0n) is 15.8. The van der Waals surface area contributed by atoms with E-state index < -0.39 is 0 Å². The van der Waals surface area contributed by atoms with Crippen LogP contribution in [-0.2, 0) is 9.47 Å². The van der Waals surface area contributed by atoms with Crippen molar-refractivity contribution in [3.63, 3.8) is 0 Å². The van der Waals surface area contributed by atoms with Crippen molar-refractivity contribution in [1.82, 2.24) is 0 Å². The third kappa shape index (κ3) is 2.28. The molecule has 0 amide bonds. The van der Waals surface area contributed by atoms with Gasteiger partial charge in [0.2, 0.25) is 0 Å². The Kier molecular flexibility index (Phi) is 3.83. The summed E-state index contributed by atoms with van der Waals surface area (Å²) in [5.41, 5.74) is 1.25. The Morgan fingerprint density at radius 1 is 0.792 bits per heavy atom. The maximum Gasteiger partial charge on any atom is 0.160 e. The molecule has 24 heavy (non-hydrogen) atoms.